The fourth-order valence-electron chi connectivity index (χ4n) is 2.66. The number of sulfonamides is 1. The van der Waals surface area contributed by atoms with Crippen LogP contribution in [0, 0.1) is 0 Å². The zero-order chi connectivity index (χ0) is 22.2. The average Bonchev–Trinajstić information content (AvgIpc) is 2.70. The summed E-state index contributed by atoms with van der Waals surface area (Å²) < 4.78 is 32.0. The number of halogens is 1. The Morgan fingerprint density at radius 2 is 1.68 bits per heavy atom. The highest BCUT2D eigenvalue weighted by molar-refractivity contribution is 14.0. The van der Waals surface area contributed by atoms with Crippen LogP contribution >= 0.6 is 24.0 Å². The van der Waals surface area contributed by atoms with Crippen LogP contribution in [0.1, 0.15) is 38.8 Å². The molecule has 2 rings (SSSR count). The molecule has 0 aliphatic heterocycles. The third-order valence-electron chi connectivity index (χ3n) is 4.10. The van der Waals surface area contributed by atoms with Crippen LogP contribution in [0.25, 0.3) is 0 Å². The van der Waals surface area contributed by atoms with E-state index in [1.54, 1.807) is 24.3 Å². The molecular weight excluding hydrogens is 527 g/mol. The van der Waals surface area contributed by atoms with Crippen LogP contribution in [0.4, 0.5) is 0 Å². The van der Waals surface area contributed by atoms with Gasteiger partial charge in [-0.15, -0.1) is 24.0 Å². The number of nitrogens with zero attached hydrogens (tertiary/aromatic N) is 1. The van der Waals surface area contributed by atoms with Crippen molar-refractivity contribution in [2.24, 2.45) is 4.99 Å². The molecule has 2 aromatic rings. The topological polar surface area (TPSA) is 91.8 Å². The highest BCUT2D eigenvalue weighted by atomic mass is 127. The lowest BCUT2D eigenvalue weighted by atomic mass is 10.1. The van der Waals surface area contributed by atoms with Gasteiger partial charge < -0.3 is 15.4 Å². The van der Waals surface area contributed by atoms with Crippen molar-refractivity contribution < 1.29 is 13.2 Å². The third kappa shape index (κ3) is 9.04. The van der Waals surface area contributed by atoms with Gasteiger partial charge in [-0.1, -0.05) is 30.3 Å². The predicted molar refractivity (Wildman–Crippen MR) is 137 cm³/mol. The maximum atomic E-state index is 11.8. The number of hydrogen-bond donors (Lipinski definition) is 3. The molecule has 3 N–H and O–H groups in total. The predicted octanol–water partition coefficient (Wildman–Crippen LogP) is 3.65. The van der Waals surface area contributed by atoms with Gasteiger partial charge in [-0.05, 0) is 58.5 Å². The Morgan fingerprint density at radius 3 is 2.26 bits per heavy atom. The summed E-state index contributed by atoms with van der Waals surface area (Å²) in [6, 6.07) is 14.6. The summed E-state index contributed by atoms with van der Waals surface area (Å²) >= 11 is 0. The first kappa shape index (κ1) is 27.2. The first-order chi connectivity index (χ1) is 14.1. The number of benzene rings is 2. The first-order valence-corrected chi connectivity index (χ1v) is 11.4. The summed E-state index contributed by atoms with van der Waals surface area (Å²) in [5.74, 6) is 1.52. The second kappa shape index (κ2) is 12.3. The monoisotopic (exact) mass is 560 g/mol. The zero-order valence-corrected chi connectivity index (χ0v) is 21.9. The molecule has 0 aromatic heterocycles. The minimum absolute atomic E-state index is 0. The number of nitrogens with one attached hydrogen (secondary N) is 3. The molecule has 9 heteroatoms. The summed E-state index contributed by atoms with van der Waals surface area (Å²) in [4.78, 5) is 4.84. The molecule has 172 valence electrons. The maximum Gasteiger partial charge on any atom is 0.240 e. The number of rotatable bonds is 8. The van der Waals surface area contributed by atoms with Crippen molar-refractivity contribution in [3.8, 4) is 5.75 Å². The number of guanidine groups is 1. The Hall–Kier alpha value is -1.85. The number of hydrogen-bond acceptors (Lipinski definition) is 4. The molecule has 0 amide bonds. The standard InChI is InChI=1S/C22H32N4O3S.HI/c1-6-24-21(25-15-17-11-13-19(14-12-17)30(27,28)23-5)26-16-18-9-7-8-10-20(18)29-22(2,3)4;/h7-14,23H,6,15-16H2,1-5H3,(H2,24,25,26);1H. The van der Waals surface area contributed by atoms with Gasteiger partial charge in [0.1, 0.15) is 11.4 Å². The largest absolute Gasteiger partial charge is 0.488 e. The van der Waals surface area contributed by atoms with Crippen molar-refractivity contribution in [3.05, 3.63) is 59.7 Å². The Bertz CT molecular complexity index is 955. The first-order valence-electron chi connectivity index (χ1n) is 9.96. The molecule has 7 nitrogen and oxygen atoms in total. The van der Waals surface area contributed by atoms with E-state index in [1.165, 1.54) is 7.05 Å². The SMILES string of the molecule is CCNC(=NCc1ccc(S(=O)(=O)NC)cc1)NCc1ccccc1OC(C)(C)C.I. The van der Waals surface area contributed by atoms with Crippen LogP contribution in [0.5, 0.6) is 5.75 Å². The molecule has 31 heavy (non-hydrogen) atoms. The van der Waals surface area contributed by atoms with Crippen LogP contribution in [0.3, 0.4) is 0 Å². The van der Waals surface area contributed by atoms with Gasteiger partial charge in [0.05, 0.1) is 11.4 Å². The van der Waals surface area contributed by atoms with Gasteiger partial charge in [-0.2, -0.15) is 0 Å². The van der Waals surface area contributed by atoms with Crippen molar-refractivity contribution in [1.82, 2.24) is 15.4 Å². The Kier molecular flexibility index (Phi) is 10.7. The Balaban J connectivity index is 0.00000480. The van der Waals surface area contributed by atoms with E-state index in [2.05, 4.69) is 20.3 Å². The van der Waals surface area contributed by atoms with E-state index >= 15 is 0 Å². The molecule has 2 aromatic carbocycles. The molecule has 0 aliphatic carbocycles. The second-order valence-corrected chi connectivity index (χ2v) is 9.61. The van der Waals surface area contributed by atoms with Crippen LogP contribution in [-0.2, 0) is 23.1 Å². The smallest absolute Gasteiger partial charge is 0.240 e. The lowest BCUT2D eigenvalue weighted by Gasteiger charge is -2.23. The highest BCUT2D eigenvalue weighted by Gasteiger charge is 2.14. The molecule has 0 fully saturated rings. The molecule has 0 heterocycles. The minimum Gasteiger partial charge on any atom is -0.488 e. The Labute approximate surface area is 203 Å². The summed E-state index contributed by atoms with van der Waals surface area (Å²) in [5, 5.41) is 6.56. The molecule has 0 spiro atoms. The van der Waals surface area contributed by atoms with E-state index in [-0.39, 0.29) is 34.5 Å². The molecular formula is C22H33IN4O3S. The normalized spacial score (nSPS) is 12.1. The van der Waals surface area contributed by atoms with Crippen LogP contribution in [0.2, 0.25) is 0 Å². The molecule has 0 unspecified atom stereocenters. The van der Waals surface area contributed by atoms with Gasteiger partial charge in [0.2, 0.25) is 10.0 Å². The van der Waals surface area contributed by atoms with Crippen molar-refractivity contribution >= 4 is 40.0 Å². The molecule has 0 aliphatic rings. The number of para-hydroxylation sites is 1. The lowest BCUT2D eigenvalue weighted by Crippen LogP contribution is -2.37. The van der Waals surface area contributed by atoms with Gasteiger partial charge in [0, 0.05) is 18.7 Å². The average molecular weight is 561 g/mol. The van der Waals surface area contributed by atoms with Crippen LogP contribution < -0.4 is 20.1 Å². The van der Waals surface area contributed by atoms with E-state index in [1.807, 2.05) is 52.0 Å². The zero-order valence-electron chi connectivity index (χ0n) is 18.7. The van der Waals surface area contributed by atoms with Gasteiger partial charge in [0.25, 0.3) is 0 Å². The summed E-state index contributed by atoms with van der Waals surface area (Å²) in [6.45, 7) is 9.80. The van der Waals surface area contributed by atoms with E-state index in [0.29, 0.717) is 19.0 Å². The van der Waals surface area contributed by atoms with Crippen molar-refractivity contribution in [3.63, 3.8) is 0 Å². The number of ether oxygens (including phenoxy) is 1. The summed E-state index contributed by atoms with van der Waals surface area (Å²) in [5.41, 5.74) is 1.68. The molecule has 0 saturated carbocycles. The summed E-state index contributed by atoms with van der Waals surface area (Å²) in [6.07, 6.45) is 0. The maximum absolute atomic E-state index is 11.8. The van der Waals surface area contributed by atoms with Crippen molar-refractivity contribution in [1.29, 1.82) is 0 Å². The van der Waals surface area contributed by atoms with Gasteiger partial charge in [0.15, 0.2) is 5.96 Å². The van der Waals surface area contributed by atoms with Crippen LogP contribution in [0.15, 0.2) is 58.4 Å². The molecule has 0 saturated heterocycles. The second-order valence-electron chi connectivity index (χ2n) is 7.72. The molecule has 0 atom stereocenters. The Morgan fingerprint density at radius 1 is 1.03 bits per heavy atom. The van der Waals surface area contributed by atoms with E-state index in [9.17, 15) is 8.42 Å². The minimum atomic E-state index is -3.43. The quantitative estimate of drug-likeness (QED) is 0.261. The van der Waals surface area contributed by atoms with Crippen molar-refractivity contribution in [2.45, 2.75) is 51.3 Å². The fraction of sp³-hybridized carbons (Fsp3) is 0.409. The van der Waals surface area contributed by atoms with Gasteiger partial charge in [-0.3, -0.25) is 0 Å². The lowest BCUT2D eigenvalue weighted by molar-refractivity contribution is 0.129. The van der Waals surface area contributed by atoms with E-state index < -0.39 is 10.0 Å². The van der Waals surface area contributed by atoms with E-state index in [0.717, 1.165) is 23.4 Å². The fourth-order valence-corrected chi connectivity index (χ4v) is 3.39. The van der Waals surface area contributed by atoms with Gasteiger partial charge in [-0.25, -0.2) is 18.1 Å². The van der Waals surface area contributed by atoms with Gasteiger partial charge >= 0.3 is 0 Å². The number of aliphatic imine (C=N–C) groups is 1. The third-order valence-corrected chi connectivity index (χ3v) is 5.53. The van der Waals surface area contributed by atoms with E-state index in [4.69, 9.17) is 4.74 Å². The van der Waals surface area contributed by atoms with Crippen molar-refractivity contribution in [2.75, 3.05) is 13.6 Å². The van der Waals surface area contributed by atoms with Crippen LogP contribution in [-0.4, -0.2) is 33.6 Å². The molecule has 0 bridgehead atoms. The molecule has 0 radical (unpaired) electrons. The summed E-state index contributed by atoms with van der Waals surface area (Å²) in [7, 11) is -2.04. The highest BCUT2D eigenvalue weighted by Crippen LogP contribution is 2.22.